The van der Waals surface area contributed by atoms with Gasteiger partial charge < -0.3 is 9.30 Å². The molecule has 0 radical (unpaired) electrons. The molecule has 6 heteroatoms. The van der Waals surface area contributed by atoms with E-state index in [0.29, 0.717) is 29.4 Å². The van der Waals surface area contributed by atoms with E-state index in [1.54, 1.807) is 13.2 Å². The second kappa shape index (κ2) is 9.78. The van der Waals surface area contributed by atoms with Gasteiger partial charge in [-0.2, -0.15) is 0 Å². The summed E-state index contributed by atoms with van der Waals surface area (Å²) in [5, 5.41) is 0. The SMILES string of the molecule is COc1cccc(-c2nc3ccccc3n(C3C[C@H]4CCC[C@@H](C3)N4C3C[C@H]4CC(C)C[C@@H](C3)C4)c2=O)n1. The topological polar surface area (TPSA) is 60.2 Å². The smallest absolute Gasteiger partial charge is 0.279 e. The van der Waals surface area contributed by atoms with Gasteiger partial charge in [0.05, 0.1) is 23.8 Å². The van der Waals surface area contributed by atoms with Crippen LogP contribution in [0.4, 0.5) is 0 Å². The summed E-state index contributed by atoms with van der Waals surface area (Å²) in [5.41, 5.74) is 2.77. The zero-order valence-corrected chi connectivity index (χ0v) is 22.8. The molecule has 2 aliphatic heterocycles. The first-order valence-electron chi connectivity index (χ1n) is 14.9. The van der Waals surface area contributed by atoms with Crippen LogP contribution in [0.15, 0.2) is 47.3 Å². The van der Waals surface area contributed by atoms with Gasteiger partial charge >= 0.3 is 0 Å². The highest BCUT2D eigenvalue weighted by molar-refractivity contribution is 5.77. The number of hydrogen-bond acceptors (Lipinski definition) is 5. The van der Waals surface area contributed by atoms with E-state index in [0.717, 1.165) is 47.7 Å². The molecule has 4 bridgehead atoms. The van der Waals surface area contributed by atoms with Crippen LogP contribution in [0.2, 0.25) is 0 Å². The van der Waals surface area contributed by atoms with E-state index in [2.05, 4.69) is 27.4 Å². The van der Waals surface area contributed by atoms with Crippen molar-refractivity contribution < 1.29 is 4.74 Å². The molecule has 1 aromatic carbocycles. The van der Waals surface area contributed by atoms with Crippen LogP contribution in [0.3, 0.4) is 0 Å². The molecule has 0 spiro atoms. The quantitative estimate of drug-likeness (QED) is 0.414. The molecular weight excluding hydrogens is 472 g/mol. The maximum Gasteiger partial charge on any atom is 0.279 e. The van der Waals surface area contributed by atoms with Crippen molar-refractivity contribution in [3.63, 3.8) is 0 Å². The van der Waals surface area contributed by atoms with Crippen LogP contribution in [0.5, 0.6) is 5.88 Å². The summed E-state index contributed by atoms with van der Waals surface area (Å²) in [6.07, 6.45) is 13.1. The van der Waals surface area contributed by atoms with Gasteiger partial charge in [-0.25, -0.2) is 9.97 Å². The van der Waals surface area contributed by atoms with Crippen LogP contribution in [-0.4, -0.2) is 44.7 Å². The average Bonchev–Trinajstić information content (AvgIpc) is 2.91. The molecule has 3 aromatic rings. The van der Waals surface area contributed by atoms with Gasteiger partial charge in [0, 0.05) is 30.2 Å². The Morgan fingerprint density at radius 1 is 0.789 bits per heavy atom. The van der Waals surface area contributed by atoms with Gasteiger partial charge in [-0.3, -0.25) is 9.69 Å². The van der Waals surface area contributed by atoms with E-state index >= 15 is 0 Å². The molecule has 4 aliphatic rings. The lowest BCUT2D eigenvalue weighted by Gasteiger charge is -2.55. The second-order valence-electron chi connectivity index (χ2n) is 12.7. The Hall–Kier alpha value is -2.73. The van der Waals surface area contributed by atoms with E-state index in [1.165, 1.54) is 51.4 Å². The number of para-hydroxylation sites is 2. The minimum atomic E-state index is -0.0258. The fourth-order valence-electron chi connectivity index (χ4n) is 8.93. The molecule has 0 N–H and O–H groups in total. The summed E-state index contributed by atoms with van der Waals surface area (Å²) in [6.45, 7) is 2.46. The molecule has 4 fully saturated rings. The van der Waals surface area contributed by atoms with E-state index in [1.807, 2.05) is 30.3 Å². The highest BCUT2D eigenvalue weighted by Crippen LogP contribution is 2.48. The van der Waals surface area contributed by atoms with Gasteiger partial charge in [0.25, 0.3) is 5.56 Å². The van der Waals surface area contributed by atoms with Gasteiger partial charge in [0.1, 0.15) is 0 Å². The van der Waals surface area contributed by atoms with Gasteiger partial charge in [-0.1, -0.05) is 31.5 Å². The number of benzene rings is 1. The average molecular weight is 513 g/mol. The van der Waals surface area contributed by atoms with Crippen LogP contribution in [-0.2, 0) is 0 Å². The zero-order chi connectivity index (χ0) is 25.8. The fraction of sp³-hybridized carbons (Fsp3) is 0.594. The summed E-state index contributed by atoms with van der Waals surface area (Å²) in [5.74, 6) is 3.25. The number of pyridine rings is 1. The number of fused-ring (bicyclic) bond motifs is 5. The Morgan fingerprint density at radius 3 is 2.26 bits per heavy atom. The monoisotopic (exact) mass is 512 g/mol. The van der Waals surface area contributed by atoms with Crippen molar-refractivity contribution in [3.8, 4) is 17.3 Å². The van der Waals surface area contributed by atoms with Crippen molar-refractivity contribution in [3.05, 3.63) is 52.8 Å². The second-order valence-corrected chi connectivity index (χ2v) is 12.7. The normalized spacial score (nSPS) is 33.3. The summed E-state index contributed by atoms with van der Waals surface area (Å²) in [4.78, 5) is 26.5. The molecule has 7 rings (SSSR count). The van der Waals surface area contributed by atoms with Gasteiger partial charge in [0.15, 0.2) is 5.69 Å². The van der Waals surface area contributed by atoms with Crippen LogP contribution < -0.4 is 10.3 Å². The van der Waals surface area contributed by atoms with E-state index in [9.17, 15) is 4.79 Å². The molecule has 6 nitrogen and oxygen atoms in total. The number of hydrogen-bond donors (Lipinski definition) is 0. The largest absolute Gasteiger partial charge is 0.481 e. The molecule has 2 saturated carbocycles. The molecule has 4 heterocycles. The van der Waals surface area contributed by atoms with Crippen LogP contribution in [0.1, 0.15) is 77.2 Å². The van der Waals surface area contributed by atoms with E-state index < -0.39 is 0 Å². The van der Waals surface area contributed by atoms with Gasteiger partial charge in [-0.15, -0.1) is 0 Å². The third kappa shape index (κ3) is 4.25. The van der Waals surface area contributed by atoms with E-state index in [-0.39, 0.29) is 11.6 Å². The lowest BCUT2D eigenvalue weighted by Crippen LogP contribution is -2.58. The molecule has 7 atom stereocenters. The van der Waals surface area contributed by atoms with Crippen molar-refractivity contribution in [2.45, 2.75) is 95.3 Å². The first kappa shape index (κ1) is 24.3. The summed E-state index contributed by atoms with van der Waals surface area (Å²) in [6, 6.07) is 15.8. The zero-order valence-electron chi connectivity index (χ0n) is 22.8. The van der Waals surface area contributed by atoms with Crippen LogP contribution in [0, 0.1) is 17.8 Å². The number of aromatic nitrogens is 3. The van der Waals surface area contributed by atoms with Crippen LogP contribution in [0.25, 0.3) is 22.4 Å². The minimum absolute atomic E-state index is 0.0258. The third-order valence-corrected chi connectivity index (χ3v) is 10.1. The molecule has 3 unspecified atom stereocenters. The number of nitrogens with zero attached hydrogens (tertiary/aromatic N) is 4. The standard InChI is InChI=1S/C32H40N4O2/c1-20-13-21-15-22(14-20)17-25(16-21)35-23-7-5-8-24(35)19-26(18-23)36-29-11-4-3-9-27(29)34-31(32(36)37)28-10-6-12-30(33-28)38-2/h3-4,6,9-12,20-26H,5,7-8,13-19H2,1-2H3/t20?,21-,22+,23-,24+,25?,26?. The molecule has 200 valence electrons. The first-order valence-corrected chi connectivity index (χ1v) is 14.9. The van der Waals surface area contributed by atoms with Crippen molar-refractivity contribution in [2.75, 3.05) is 7.11 Å². The van der Waals surface area contributed by atoms with Crippen molar-refractivity contribution >= 4 is 11.0 Å². The van der Waals surface area contributed by atoms with Gasteiger partial charge in [-0.05, 0) is 93.7 Å². The van der Waals surface area contributed by atoms with Gasteiger partial charge in [0.2, 0.25) is 5.88 Å². The Balaban J connectivity index is 1.24. The molecule has 38 heavy (non-hydrogen) atoms. The Kier molecular flexibility index (Phi) is 6.26. The van der Waals surface area contributed by atoms with E-state index in [4.69, 9.17) is 9.72 Å². The van der Waals surface area contributed by atoms with Crippen molar-refractivity contribution in [1.82, 2.24) is 19.4 Å². The molecular formula is C32H40N4O2. The third-order valence-electron chi connectivity index (χ3n) is 10.1. The van der Waals surface area contributed by atoms with Crippen molar-refractivity contribution in [1.29, 1.82) is 0 Å². The number of ether oxygens (including phenoxy) is 1. The lowest BCUT2D eigenvalue weighted by atomic mass is 9.65. The first-order chi connectivity index (χ1) is 18.6. The molecule has 2 aliphatic carbocycles. The summed E-state index contributed by atoms with van der Waals surface area (Å²) < 4.78 is 7.43. The molecule has 2 saturated heterocycles. The predicted molar refractivity (Wildman–Crippen MR) is 150 cm³/mol. The number of methoxy groups -OCH3 is 1. The molecule has 0 amide bonds. The minimum Gasteiger partial charge on any atom is -0.481 e. The Labute approximate surface area is 225 Å². The fourth-order valence-corrected chi connectivity index (χ4v) is 8.93. The summed E-state index contributed by atoms with van der Waals surface area (Å²) in [7, 11) is 1.60. The lowest BCUT2D eigenvalue weighted by molar-refractivity contribution is -0.0524. The highest BCUT2D eigenvalue weighted by Gasteiger charge is 2.46. The Bertz CT molecular complexity index is 1350. The van der Waals surface area contributed by atoms with Crippen LogP contribution >= 0.6 is 0 Å². The van der Waals surface area contributed by atoms with Crippen molar-refractivity contribution in [2.24, 2.45) is 17.8 Å². The maximum absolute atomic E-state index is 14.2. The summed E-state index contributed by atoms with van der Waals surface area (Å²) >= 11 is 0. The number of piperidine rings is 2. The Morgan fingerprint density at radius 2 is 1.53 bits per heavy atom. The maximum atomic E-state index is 14.2. The highest BCUT2D eigenvalue weighted by atomic mass is 16.5. The molecule has 2 aromatic heterocycles. The predicted octanol–water partition coefficient (Wildman–Crippen LogP) is 6.24. The number of rotatable bonds is 4.